The Hall–Kier alpha value is -2.83. The van der Waals surface area contributed by atoms with Crippen molar-refractivity contribution in [2.45, 2.75) is 25.7 Å². The van der Waals surface area contributed by atoms with Gasteiger partial charge in [0.25, 0.3) is 0 Å². The van der Waals surface area contributed by atoms with Gasteiger partial charge in [0.1, 0.15) is 0 Å². The minimum atomic E-state index is -0.257. The highest BCUT2D eigenvalue weighted by molar-refractivity contribution is 6.05. The fourth-order valence-electron chi connectivity index (χ4n) is 3.77. The summed E-state index contributed by atoms with van der Waals surface area (Å²) in [4.78, 5) is 38.4. The predicted molar refractivity (Wildman–Crippen MR) is 97.4 cm³/mol. The lowest BCUT2D eigenvalue weighted by molar-refractivity contribution is -0.140. The maximum Gasteiger partial charge on any atom is 0.233 e. The molecule has 1 aliphatic carbocycles. The van der Waals surface area contributed by atoms with Crippen LogP contribution in [0.1, 0.15) is 25.7 Å². The molecule has 7 heteroatoms. The Kier molecular flexibility index (Phi) is 4.83. The number of anilines is 1. The van der Waals surface area contributed by atoms with Gasteiger partial charge >= 0.3 is 0 Å². The van der Waals surface area contributed by atoms with E-state index in [4.69, 9.17) is 9.47 Å². The maximum absolute atomic E-state index is 12.4. The molecule has 0 saturated carbocycles. The van der Waals surface area contributed by atoms with Gasteiger partial charge in [-0.15, -0.1) is 0 Å². The maximum atomic E-state index is 12.4. The number of ether oxygens (including phenoxy) is 2. The summed E-state index contributed by atoms with van der Waals surface area (Å²) >= 11 is 0. The monoisotopic (exact) mass is 370 g/mol. The summed E-state index contributed by atoms with van der Waals surface area (Å²) < 4.78 is 11.2. The van der Waals surface area contributed by atoms with E-state index in [1.54, 1.807) is 18.2 Å². The lowest BCUT2D eigenvalue weighted by Gasteiger charge is -2.15. The van der Waals surface area contributed by atoms with Crippen LogP contribution in [0.2, 0.25) is 0 Å². The Balaban J connectivity index is 1.34. The first kappa shape index (κ1) is 17.6. The van der Waals surface area contributed by atoms with Crippen LogP contribution in [0.25, 0.3) is 0 Å². The molecule has 142 valence electrons. The molecule has 1 aromatic carbocycles. The summed E-state index contributed by atoms with van der Waals surface area (Å²) in [5.41, 5.74) is 0.598. The molecule has 2 heterocycles. The highest BCUT2D eigenvalue weighted by Gasteiger charge is 2.46. The number of nitrogens with one attached hydrogen (secondary N) is 1. The van der Waals surface area contributed by atoms with Gasteiger partial charge in [-0.25, -0.2) is 0 Å². The van der Waals surface area contributed by atoms with E-state index in [-0.39, 0.29) is 42.5 Å². The Morgan fingerprint density at radius 2 is 1.70 bits per heavy atom. The number of rotatable bonds is 4. The van der Waals surface area contributed by atoms with Gasteiger partial charge in [0.15, 0.2) is 11.5 Å². The third-order valence-corrected chi connectivity index (χ3v) is 5.19. The minimum absolute atomic E-state index is 0.0682. The largest absolute Gasteiger partial charge is 0.490 e. The van der Waals surface area contributed by atoms with E-state index in [1.165, 1.54) is 4.90 Å². The number of amides is 3. The summed E-state index contributed by atoms with van der Waals surface area (Å²) in [5.74, 6) is 0.190. The van der Waals surface area contributed by atoms with Gasteiger partial charge in [-0.2, -0.15) is 0 Å². The summed E-state index contributed by atoms with van der Waals surface area (Å²) in [6.07, 6.45) is 5.99. The van der Waals surface area contributed by atoms with Crippen molar-refractivity contribution in [1.29, 1.82) is 0 Å². The van der Waals surface area contributed by atoms with Crippen LogP contribution in [-0.4, -0.2) is 42.4 Å². The first-order chi connectivity index (χ1) is 13.1. The second-order valence-electron chi connectivity index (χ2n) is 6.99. The molecule has 4 rings (SSSR count). The number of carbonyl (C=O) groups is 3. The lowest BCUT2D eigenvalue weighted by Crippen LogP contribution is -2.34. The molecule has 0 spiro atoms. The van der Waals surface area contributed by atoms with Crippen molar-refractivity contribution in [3.8, 4) is 11.5 Å². The van der Waals surface area contributed by atoms with Gasteiger partial charge in [0.05, 0.1) is 25.0 Å². The molecule has 1 aromatic rings. The average Bonchev–Trinajstić information content (AvgIpc) is 2.82. The van der Waals surface area contributed by atoms with Crippen LogP contribution in [-0.2, 0) is 14.4 Å². The van der Waals surface area contributed by atoms with E-state index in [0.717, 1.165) is 6.42 Å². The predicted octanol–water partition coefficient (Wildman–Crippen LogP) is 2.13. The van der Waals surface area contributed by atoms with Gasteiger partial charge in [-0.3, -0.25) is 19.3 Å². The van der Waals surface area contributed by atoms with Gasteiger partial charge < -0.3 is 14.8 Å². The molecule has 1 saturated heterocycles. The molecular weight excluding hydrogens is 348 g/mol. The minimum Gasteiger partial charge on any atom is -0.490 e. The molecule has 2 aliphatic heterocycles. The molecule has 3 aliphatic rings. The van der Waals surface area contributed by atoms with E-state index in [0.29, 0.717) is 43.2 Å². The zero-order valence-electron chi connectivity index (χ0n) is 15.0. The summed E-state index contributed by atoms with van der Waals surface area (Å²) in [6.45, 7) is 1.29. The fourth-order valence-corrected chi connectivity index (χ4v) is 3.77. The van der Waals surface area contributed by atoms with Crippen LogP contribution in [0.15, 0.2) is 30.4 Å². The van der Waals surface area contributed by atoms with Gasteiger partial charge in [0, 0.05) is 31.1 Å². The van der Waals surface area contributed by atoms with Gasteiger partial charge in [0.2, 0.25) is 17.7 Å². The zero-order chi connectivity index (χ0) is 18.8. The van der Waals surface area contributed by atoms with Crippen molar-refractivity contribution in [3.63, 3.8) is 0 Å². The molecule has 0 bridgehead atoms. The molecule has 1 fully saturated rings. The molecule has 1 N–H and O–H groups in total. The standard InChI is InChI=1S/C20H22N2O5/c23-18(21-13-6-7-16-17(12-13)27-11-3-10-26-16)8-9-22-19(24)14-4-1-2-5-15(14)20(22)25/h1-2,6-7,12,14-15H,3-5,8-11H2,(H,21,23)/t14-,15-/m0/s1. The van der Waals surface area contributed by atoms with Gasteiger partial charge in [-0.05, 0) is 25.0 Å². The first-order valence-corrected chi connectivity index (χ1v) is 9.33. The van der Waals surface area contributed by atoms with Crippen molar-refractivity contribution < 1.29 is 23.9 Å². The second kappa shape index (κ2) is 7.42. The van der Waals surface area contributed by atoms with E-state index < -0.39 is 0 Å². The summed E-state index contributed by atoms with van der Waals surface area (Å²) in [6, 6.07) is 5.24. The highest BCUT2D eigenvalue weighted by atomic mass is 16.5. The van der Waals surface area contributed by atoms with Crippen LogP contribution in [0.4, 0.5) is 5.69 Å². The number of hydrogen-bond donors (Lipinski definition) is 1. The number of likely N-dealkylation sites (tertiary alicyclic amines) is 1. The normalized spacial score (nSPS) is 23.8. The number of allylic oxidation sites excluding steroid dienone is 2. The Morgan fingerprint density at radius 3 is 2.41 bits per heavy atom. The summed E-state index contributed by atoms with van der Waals surface area (Å²) in [7, 11) is 0. The third kappa shape index (κ3) is 3.54. The van der Waals surface area contributed by atoms with Crippen LogP contribution < -0.4 is 14.8 Å². The zero-order valence-corrected chi connectivity index (χ0v) is 15.0. The van der Waals surface area contributed by atoms with Crippen LogP contribution in [0, 0.1) is 11.8 Å². The second-order valence-corrected chi connectivity index (χ2v) is 6.99. The van der Waals surface area contributed by atoms with E-state index in [2.05, 4.69) is 5.32 Å². The molecular formula is C20H22N2O5. The lowest BCUT2D eigenvalue weighted by atomic mass is 9.85. The van der Waals surface area contributed by atoms with Crippen molar-refractivity contribution in [1.82, 2.24) is 4.90 Å². The fraction of sp³-hybridized carbons (Fsp3) is 0.450. The number of fused-ring (bicyclic) bond motifs is 2. The van der Waals surface area contributed by atoms with Crippen molar-refractivity contribution >= 4 is 23.4 Å². The molecule has 27 heavy (non-hydrogen) atoms. The highest BCUT2D eigenvalue weighted by Crippen LogP contribution is 2.35. The molecule has 0 aromatic heterocycles. The smallest absolute Gasteiger partial charge is 0.233 e. The number of imide groups is 1. The number of benzene rings is 1. The molecule has 2 atom stereocenters. The van der Waals surface area contributed by atoms with Crippen LogP contribution in [0.3, 0.4) is 0 Å². The van der Waals surface area contributed by atoms with Crippen molar-refractivity contribution in [2.75, 3.05) is 25.1 Å². The molecule has 0 radical (unpaired) electrons. The summed E-state index contributed by atoms with van der Waals surface area (Å²) in [5, 5.41) is 2.79. The SMILES string of the molecule is O=C(CCN1C(=O)[C@H]2CC=CC[C@@H]2C1=O)Nc1ccc2c(c1)OCCCO2. The molecule has 3 amide bonds. The third-order valence-electron chi connectivity index (χ3n) is 5.19. The van der Waals surface area contributed by atoms with Gasteiger partial charge in [-0.1, -0.05) is 12.2 Å². The Labute approximate surface area is 157 Å². The quantitative estimate of drug-likeness (QED) is 0.648. The number of nitrogens with zero attached hydrogens (tertiary/aromatic N) is 1. The molecule has 0 unspecified atom stereocenters. The average molecular weight is 370 g/mol. The number of hydrogen-bond acceptors (Lipinski definition) is 5. The first-order valence-electron chi connectivity index (χ1n) is 9.33. The molecule has 7 nitrogen and oxygen atoms in total. The van der Waals surface area contributed by atoms with E-state index >= 15 is 0 Å². The van der Waals surface area contributed by atoms with Crippen molar-refractivity contribution in [3.05, 3.63) is 30.4 Å². The Morgan fingerprint density at radius 1 is 1.04 bits per heavy atom. The topological polar surface area (TPSA) is 84.9 Å². The van der Waals surface area contributed by atoms with E-state index in [1.807, 2.05) is 12.2 Å². The van der Waals surface area contributed by atoms with E-state index in [9.17, 15) is 14.4 Å². The van der Waals surface area contributed by atoms with Crippen LogP contribution in [0.5, 0.6) is 11.5 Å². The van der Waals surface area contributed by atoms with Crippen LogP contribution >= 0.6 is 0 Å². The number of carbonyl (C=O) groups excluding carboxylic acids is 3. The Bertz CT molecular complexity index is 778. The van der Waals surface area contributed by atoms with Crippen molar-refractivity contribution in [2.24, 2.45) is 11.8 Å².